The Morgan fingerprint density at radius 1 is 0.653 bits per heavy atom. The largest absolute Gasteiger partial charge is 0.494 e. The van der Waals surface area contributed by atoms with Crippen molar-refractivity contribution in [3.05, 3.63) is 29.8 Å². The summed E-state index contributed by atoms with van der Waals surface area (Å²) in [4.78, 5) is 54.6. The quantitative estimate of drug-likeness (QED) is 0.0846. The third-order valence-electron chi connectivity index (χ3n) is 8.73. The van der Waals surface area contributed by atoms with Gasteiger partial charge in [-0.05, 0) is 43.4 Å². The van der Waals surface area contributed by atoms with Gasteiger partial charge in [0.05, 0.1) is 26.4 Å². The standard InChI is InChI=1S/C32H52N4O12.Gd/c1-2-3-18-48-24-8-4-6-23(19-24)7-5-9-25(29(40)41)33-10-12-34(26(20-37)30(42)43)14-16-36(28(22-39)32(46)47)17-15-35(13-11-33)27(21-38)31(44)45;/h4,6,8,19,25-28,37-39H,2-3,5,7,9-18,20-22H2,1H3,(H,40,41)(H,42,43)(H,44,45)(H,46,47);/t25-,26-,27+,28+;/m0./s1. The number of ether oxygens (including phenoxy) is 1. The molecule has 0 bridgehead atoms. The number of carbonyl (C=O) groups is 4. The molecule has 0 saturated carbocycles. The van der Waals surface area contributed by atoms with Gasteiger partial charge in [-0.1, -0.05) is 25.5 Å². The molecule has 1 saturated heterocycles. The maximum Gasteiger partial charge on any atom is 0.323 e. The van der Waals surface area contributed by atoms with Gasteiger partial charge in [-0.3, -0.25) is 38.8 Å². The monoisotopic (exact) mass is 842 g/mol. The predicted molar refractivity (Wildman–Crippen MR) is 173 cm³/mol. The zero-order valence-electron chi connectivity index (χ0n) is 28.0. The second kappa shape index (κ2) is 24.2. The molecular weight excluding hydrogens is 790 g/mol. The molecule has 0 spiro atoms. The fraction of sp³-hybridized carbons (Fsp3) is 0.688. The van der Waals surface area contributed by atoms with Gasteiger partial charge >= 0.3 is 23.9 Å². The second-order valence-corrected chi connectivity index (χ2v) is 11.8. The van der Waals surface area contributed by atoms with E-state index in [9.17, 15) is 54.9 Å². The van der Waals surface area contributed by atoms with E-state index in [4.69, 9.17) is 4.74 Å². The smallest absolute Gasteiger partial charge is 0.323 e. The molecule has 1 aromatic carbocycles. The summed E-state index contributed by atoms with van der Waals surface area (Å²) in [5, 5.41) is 69.3. The molecule has 16 nitrogen and oxygen atoms in total. The SMILES string of the molecule is CCCCOc1cccc(CCC[C@@H](C(=O)O)N2CCN([C@H](CO)C(=O)O)CCN([C@H](CO)C(=O)O)CCN([C@@H](CO)C(=O)O)CC2)c1.[Gd]. The molecule has 17 heteroatoms. The van der Waals surface area contributed by atoms with E-state index in [1.165, 1.54) is 14.7 Å². The minimum atomic E-state index is -1.37. The number of carboxylic acid groups (broad SMARTS) is 4. The van der Waals surface area contributed by atoms with Crippen LogP contribution < -0.4 is 4.74 Å². The van der Waals surface area contributed by atoms with E-state index in [1.807, 2.05) is 24.3 Å². The van der Waals surface area contributed by atoms with Gasteiger partial charge in [-0.25, -0.2) is 0 Å². The van der Waals surface area contributed by atoms with E-state index in [0.717, 1.165) is 24.2 Å². The Bertz CT molecular complexity index is 1130. The maximum atomic E-state index is 12.6. The number of hydrogen-bond donors (Lipinski definition) is 7. The molecule has 0 radical (unpaired) electrons. The summed E-state index contributed by atoms with van der Waals surface area (Å²) < 4.78 is 5.79. The van der Waals surface area contributed by atoms with Crippen molar-refractivity contribution in [3.8, 4) is 5.75 Å². The van der Waals surface area contributed by atoms with Crippen LogP contribution in [-0.4, -0.2) is 182 Å². The average Bonchev–Trinajstić information content (AvgIpc) is 3.03. The molecular formula is C32H52GdN4O12. The summed E-state index contributed by atoms with van der Waals surface area (Å²) in [6, 6.07) is 2.51. The number of aryl methyl sites for hydroxylation is 1. The molecule has 280 valence electrons. The van der Waals surface area contributed by atoms with Crippen molar-refractivity contribution in [2.24, 2.45) is 0 Å². The number of benzene rings is 1. The third-order valence-corrected chi connectivity index (χ3v) is 8.73. The van der Waals surface area contributed by atoms with Crippen LogP contribution in [0.15, 0.2) is 24.3 Å². The van der Waals surface area contributed by atoms with Gasteiger partial charge in [0.2, 0.25) is 0 Å². The van der Waals surface area contributed by atoms with Gasteiger partial charge in [-0.15, -0.1) is 0 Å². The normalized spacial score (nSPS) is 18.5. The third kappa shape index (κ3) is 15.0. The summed E-state index contributed by atoms with van der Waals surface area (Å²) in [6.07, 6.45) is 3.23. The van der Waals surface area contributed by atoms with Crippen LogP contribution in [-0.2, 0) is 25.6 Å². The molecule has 1 aromatic rings. The van der Waals surface area contributed by atoms with E-state index in [2.05, 4.69) is 6.92 Å². The van der Waals surface area contributed by atoms with Gasteiger partial charge in [0, 0.05) is 92.3 Å². The number of nitrogens with zero attached hydrogens (tertiary/aromatic N) is 4. The molecule has 7 N–H and O–H groups in total. The van der Waals surface area contributed by atoms with Crippen molar-refractivity contribution in [2.45, 2.75) is 63.2 Å². The summed E-state index contributed by atoms with van der Waals surface area (Å²) >= 11 is 0. The van der Waals surface area contributed by atoms with Gasteiger partial charge < -0.3 is 40.5 Å². The first-order valence-electron chi connectivity index (χ1n) is 16.4. The van der Waals surface area contributed by atoms with Crippen LogP contribution in [0.1, 0.15) is 38.2 Å². The number of carboxylic acids is 4. The van der Waals surface area contributed by atoms with Gasteiger partial charge in [0.1, 0.15) is 29.9 Å². The van der Waals surface area contributed by atoms with Crippen LogP contribution in [0.5, 0.6) is 5.75 Å². The van der Waals surface area contributed by atoms with Gasteiger partial charge in [0.25, 0.3) is 0 Å². The van der Waals surface area contributed by atoms with Crippen molar-refractivity contribution < 1.29 is 99.6 Å². The molecule has 0 aliphatic carbocycles. The Kier molecular flexibility index (Phi) is 22.2. The summed E-state index contributed by atoms with van der Waals surface area (Å²) in [6.45, 7) is 0.260. The Balaban J connectivity index is 0.0000120. The Morgan fingerprint density at radius 3 is 1.39 bits per heavy atom. The van der Waals surface area contributed by atoms with Crippen LogP contribution in [0, 0.1) is 39.9 Å². The Morgan fingerprint density at radius 2 is 1.04 bits per heavy atom. The number of rotatable bonds is 19. The van der Waals surface area contributed by atoms with E-state index >= 15 is 0 Å². The number of aliphatic hydroxyl groups is 3. The Labute approximate surface area is 318 Å². The predicted octanol–water partition coefficient (Wildman–Crippen LogP) is -0.800. The van der Waals surface area contributed by atoms with E-state index in [0.29, 0.717) is 19.4 Å². The molecule has 1 heterocycles. The van der Waals surface area contributed by atoms with Crippen molar-refractivity contribution >= 4 is 23.9 Å². The molecule has 1 fully saturated rings. The van der Waals surface area contributed by atoms with E-state index < -0.39 is 67.9 Å². The summed E-state index contributed by atoms with van der Waals surface area (Å²) in [7, 11) is 0. The van der Waals surface area contributed by atoms with Crippen LogP contribution in [0.4, 0.5) is 0 Å². The topological polar surface area (TPSA) is 232 Å². The summed E-state index contributed by atoms with van der Waals surface area (Å²) in [5.74, 6) is -4.32. The fourth-order valence-corrected chi connectivity index (χ4v) is 5.86. The zero-order valence-corrected chi connectivity index (χ0v) is 30.2. The van der Waals surface area contributed by atoms with E-state index in [-0.39, 0.29) is 98.7 Å². The first-order valence-corrected chi connectivity index (χ1v) is 16.4. The zero-order chi connectivity index (χ0) is 35.6. The van der Waals surface area contributed by atoms with Gasteiger partial charge in [-0.2, -0.15) is 0 Å². The average molecular weight is 842 g/mol. The van der Waals surface area contributed by atoms with Crippen LogP contribution in [0.2, 0.25) is 0 Å². The number of aliphatic carboxylic acids is 4. The Hall–Kier alpha value is -2.06. The molecule has 49 heavy (non-hydrogen) atoms. The van der Waals surface area contributed by atoms with Crippen molar-refractivity contribution in [1.82, 2.24) is 19.6 Å². The molecule has 4 atom stereocenters. The van der Waals surface area contributed by atoms with Crippen molar-refractivity contribution in [2.75, 3.05) is 78.8 Å². The molecule has 0 amide bonds. The fourth-order valence-electron chi connectivity index (χ4n) is 5.86. The second-order valence-electron chi connectivity index (χ2n) is 11.8. The van der Waals surface area contributed by atoms with Crippen LogP contribution in [0.25, 0.3) is 0 Å². The van der Waals surface area contributed by atoms with Crippen molar-refractivity contribution in [3.63, 3.8) is 0 Å². The van der Waals surface area contributed by atoms with Crippen molar-refractivity contribution in [1.29, 1.82) is 0 Å². The number of unbranched alkanes of at least 4 members (excludes halogenated alkanes) is 1. The molecule has 1 aliphatic rings. The van der Waals surface area contributed by atoms with Crippen LogP contribution in [0.3, 0.4) is 0 Å². The molecule has 0 unspecified atom stereocenters. The molecule has 0 aromatic heterocycles. The number of aliphatic hydroxyl groups excluding tert-OH is 3. The van der Waals surface area contributed by atoms with E-state index in [1.54, 1.807) is 4.90 Å². The molecule has 1 aliphatic heterocycles. The molecule has 2 rings (SSSR count). The maximum absolute atomic E-state index is 12.6. The number of hydrogen-bond acceptors (Lipinski definition) is 12. The van der Waals surface area contributed by atoms with Gasteiger partial charge in [0.15, 0.2) is 0 Å². The minimum Gasteiger partial charge on any atom is -0.494 e. The first kappa shape index (κ1) is 45.0. The first-order chi connectivity index (χ1) is 23.0. The minimum absolute atomic E-state index is 0. The summed E-state index contributed by atoms with van der Waals surface area (Å²) in [5.41, 5.74) is 0.978. The van der Waals surface area contributed by atoms with Crippen LogP contribution >= 0.6 is 0 Å².